The number of furan rings is 1. The van der Waals surface area contributed by atoms with E-state index in [2.05, 4.69) is 12.1 Å². The Labute approximate surface area is 76.3 Å². The minimum absolute atomic E-state index is 0.578. The first kappa shape index (κ1) is 7.15. The second kappa shape index (κ2) is 2.36. The van der Waals surface area contributed by atoms with Gasteiger partial charge in [-0.1, -0.05) is 0 Å². The highest BCUT2D eigenvalue weighted by molar-refractivity contribution is 5.80. The molecule has 1 aliphatic rings. The highest BCUT2D eigenvalue weighted by Gasteiger charge is 2.25. The first-order valence-corrected chi connectivity index (χ1v) is 4.58. The van der Waals surface area contributed by atoms with Crippen LogP contribution in [0, 0.1) is 0 Å². The highest BCUT2D eigenvalue weighted by atomic mass is 16.3. The van der Waals surface area contributed by atoms with Gasteiger partial charge in [0.25, 0.3) is 0 Å². The first-order valence-electron chi connectivity index (χ1n) is 4.58. The zero-order chi connectivity index (χ0) is 8.84. The Bertz CT molecular complexity index is 458. The van der Waals surface area contributed by atoms with Crippen LogP contribution in [0.4, 0.5) is 0 Å². The van der Waals surface area contributed by atoms with Gasteiger partial charge in [-0.15, -0.1) is 0 Å². The van der Waals surface area contributed by atoms with E-state index < -0.39 is 0 Å². The van der Waals surface area contributed by atoms with Gasteiger partial charge in [-0.3, -0.25) is 0 Å². The predicted octanol–water partition coefficient (Wildman–Crippen LogP) is 2.03. The lowest BCUT2D eigenvalue weighted by Crippen LogP contribution is -2.24. The summed E-state index contributed by atoms with van der Waals surface area (Å²) in [6.45, 7) is 0.760. The van der Waals surface area contributed by atoms with Gasteiger partial charge in [-0.05, 0) is 42.3 Å². The summed E-state index contributed by atoms with van der Waals surface area (Å²) < 4.78 is 5.33. The Hall–Kier alpha value is -1.28. The smallest absolute Gasteiger partial charge is 0.134 e. The lowest BCUT2D eigenvalue weighted by Gasteiger charge is -2.28. The van der Waals surface area contributed by atoms with Gasteiger partial charge >= 0.3 is 0 Å². The number of nitrogens with two attached hydrogens (primary N) is 1. The normalized spacial score (nSPS) is 19.9. The summed E-state index contributed by atoms with van der Waals surface area (Å²) in [5, 5.41) is 1.19. The van der Waals surface area contributed by atoms with Crippen molar-refractivity contribution in [2.45, 2.75) is 12.3 Å². The molecule has 2 nitrogen and oxygen atoms in total. The monoisotopic (exact) mass is 173 g/mol. The van der Waals surface area contributed by atoms with Crippen molar-refractivity contribution in [3.63, 3.8) is 0 Å². The van der Waals surface area contributed by atoms with E-state index in [0.717, 1.165) is 18.5 Å². The minimum Gasteiger partial charge on any atom is -0.464 e. The third-order valence-corrected chi connectivity index (χ3v) is 2.90. The molecule has 2 heteroatoms. The van der Waals surface area contributed by atoms with Gasteiger partial charge in [0.15, 0.2) is 0 Å². The fourth-order valence-electron chi connectivity index (χ4n) is 2.08. The van der Waals surface area contributed by atoms with E-state index in [1.165, 1.54) is 16.5 Å². The maximum Gasteiger partial charge on any atom is 0.134 e. The van der Waals surface area contributed by atoms with Gasteiger partial charge in [0, 0.05) is 11.3 Å². The standard InChI is InChI=1S/C11H11NO/c12-6-9-3-8-5-11-7(1-2-13-11)4-10(8)9/h1-2,4-5,9H,3,6,12H2. The van der Waals surface area contributed by atoms with E-state index in [4.69, 9.17) is 10.2 Å². The summed E-state index contributed by atoms with van der Waals surface area (Å²) in [6.07, 6.45) is 2.85. The van der Waals surface area contributed by atoms with Crippen LogP contribution in [-0.4, -0.2) is 6.54 Å². The summed E-state index contributed by atoms with van der Waals surface area (Å²) in [6, 6.07) is 6.34. The quantitative estimate of drug-likeness (QED) is 0.716. The van der Waals surface area contributed by atoms with Gasteiger partial charge in [0.05, 0.1) is 6.26 Å². The molecule has 0 saturated carbocycles. The van der Waals surface area contributed by atoms with Crippen LogP contribution in [0.3, 0.4) is 0 Å². The molecule has 1 aliphatic carbocycles. The second-order valence-electron chi connectivity index (χ2n) is 3.65. The van der Waals surface area contributed by atoms with Crippen molar-refractivity contribution in [3.05, 3.63) is 35.6 Å². The molecule has 0 bridgehead atoms. The summed E-state index contributed by atoms with van der Waals surface area (Å²) in [5.74, 6) is 0.578. The molecule has 2 aromatic rings. The molecule has 1 aromatic carbocycles. The fraction of sp³-hybridized carbons (Fsp3) is 0.273. The van der Waals surface area contributed by atoms with Crippen LogP contribution in [0.2, 0.25) is 0 Å². The molecule has 0 amide bonds. The van der Waals surface area contributed by atoms with Crippen LogP contribution in [0.15, 0.2) is 28.9 Å². The van der Waals surface area contributed by atoms with E-state index in [-0.39, 0.29) is 0 Å². The fourth-order valence-corrected chi connectivity index (χ4v) is 2.08. The van der Waals surface area contributed by atoms with Crippen molar-refractivity contribution in [2.75, 3.05) is 6.54 Å². The number of fused-ring (bicyclic) bond motifs is 2. The van der Waals surface area contributed by atoms with Crippen LogP contribution in [0.1, 0.15) is 17.0 Å². The van der Waals surface area contributed by atoms with E-state index in [9.17, 15) is 0 Å². The number of hydrogen-bond donors (Lipinski definition) is 1. The molecule has 0 saturated heterocycles. The van der Waals surface area contributed by atoms with Crippen molar-refractivity contribution in [3.8, 4) is 0 Å². The average molecular weight is 173 g/mol. The van der Waals surface area contributed by atoms with Gasteiger partial charge in [0.2, 0.25) is 0 Å². The van der Waals surface area contributed by atoms with E-state index in [1.54, 1.807) is 6.26 Å². The van der Waals surface area contributed by atoms with Crippen molar-refractivity contribution >= 4 is 11.0 Å². The molecule has 1 heterocycles. The molecule has 3 rings (SSSR count). The number of rotatable bonds is 1. The molecule has 2 N–H and O–H groups in total. The molecule has 13 heavy (non-hydrogen) atoms. The summed E-state index contributed by atoms with van der Waals surface area (Å²) in [7, 11) is 0. The maximum absolute atomic E-state index is 5.64. The topological polar surface area (TPSA) is 39.2 Å². The molecule has 0 fully saturated rings. The molecular weight excluding hydrogens is 162 g/mol. The minimum atomic E-state index is 0.578. The zero-order valence-electron chi connectivity index (χ0n) is 7.29. The zero-order valence-corrected chi connectivity index (χ0v) is 7.29. The Kier molecular flexibility index (Phi) is 1.30. The van der Waals surface area contributed by atoms with E-state index in [0.29, 0.717) is 5.92 Å². The van der Waals surface area contributed by atoms with Gasteiger partial charge < -0.3 is 10.2 Å². The lowest BCUT2D eigenvalue weighted by atomic mass is 9.77. The third-order valence-electron chi connectivity index (χ3n) is 2.90. The van der Waals surface area contributed by atoms with Crippen molar-refractivity contribution in [1.82, 2.24) is 0 Å². The van der Waals surface area contributed by atoms with E-state index >= 15 is 0 Å². The Morgan fingerprint density at radius 3 is 3.23 bits per heavy atom. The Morgan fingerprint density at radius 1 is 1.46 bits per heavy atom. The second-order valence-corrected chi connectivity index (χ2v) is 3.65. The van der Waals surface area contributed by atoms with Crippen LogP contribution in [-0.2, 0) is 6.42 Å². The number of benzene rings is 1. The van der Waals surface area contributed by atoms with Crippen LogP contribution in [0.5, 0.6) is 0 Å². The van der Waals surface area contributed by atoms with Crippen LogP contribution >= 0.6 is 0 Å². The SMILES string of the molecule is NCC1Cc2cc3occc3cc21. The first-order chi connectivity index (χ1) is 6.38. The molecule has 0 aliphatic heterocycles. The van der Waals surface area contributed by atoms with Crippen molar-refractivity contribution < 1.29 is 4.42 Å². The van der Waals surface area contributed by atoms with Crippen LogP contribution in [0.25, 0.3) is 11.0 Å². The molecule has 1 atom stereocenters. The third kappa shape index (κ3) is 0.864. The summed E-state index contributed by atoms with van der Waals surface area (Å²) >= 11 is 0. The summed E-state index contributed by atoms with van der Waals surface area (Å²) in [4.78, 5) is 0. The van der Waals surface area contributed by atoms with Crippen molar-refractivity contribution in [1.29, 1.82) is 0 Å². The van der Waals surface area contributed by atoms with E-state index in [1.807, 2.05) is 6.07 Å². The molecule has 0 radical (unpaired) electrons. The highest BCUT2D eigenvalue weighted by Crippen LogP contribution is 2.37. The Morgan fingerprint density at radius 2 is 2.38 bits per heavy atom. The van der Waals surface area contributed by atoms with Gasteiger partial charge in [-0.25, -0.2) is 0 Å². The van der Waals surface area contributed by atoms with Crippen molar-refractivity contribution in [2.24, 2.45) is 5.73 Å². The maximum atomic E-state index is 5.64. The van der Waals surface area contributed by atoms with Crippen LogP contribution < -0.4 is 5.73 Å². The lowest BCUT2D eigenvalue weighted by molar-refractivity contribution is 0.600. The molecule has 1 unspecified atom stereocenters. The summed E-state index contributed by atoms with van der Waals surface area (Å²) in [5.41, 5.74) is 9.45. The molecular formula is C11H11NO. The largest absolute Gasteiger partial charge is 0.464 e. The number of hydrogen-bond acceptors (Lipinski definition) is 2. The predicted molar refractivity (Wildman–Crippen MR) is 51.7 cm³/mol. The average Bonchev–Trinajstić information content (AvgIpc) is 2.55. The van der Waals surface area contributed by atoms with Gasteiger partial charge in [-0.2, -0.15) is 0 Å². The molecule has 1 aromatic heterocycles. The molecule has 0 spiro atoms. The Balaban J connectivity index is 2.22. The van der Waals surface area contributed by atoms with Gasteiger partial charge in [0.1, 0.15) is 5.58 Å². The molecule has 66 valence electrons.